The molecule has 134 valence electrons. The molecule has 0 aliphatic rings. The third-order valence-corrected chi connectivity index (χ3v) is 4.44. The van der Waals surface area contributed by atoms with Gasteiger partial charge in [-0.05, 0) is 37.1 Å². The number of benzene rings is 2. The Labute approximate surface area is 154 Å². The molecule has 0 aliphatic heterocycles. The molecular formula is C22H25N3O. The number of amides is 1. The summed E-state index contributed by atoms with van der Waals surface area (Å²) in [4.78, 5) is 17.0. The lowest BCUT2D eigenvalue weighted by Crippen LogP contribution is -2.28. The van der Waals surface area contributed by atoms with E-state index in [0.717, 1.165) is 40.1 Å². The molecular weight excluding hydrogens is 322 g/mol. The van der Waals surface area contributed by atoms with Crippen LogP contribution in [0.5, 0.6) is 0 Å². The third kappa shape index (κ3) is 4.20. The van der Waals surface area contributed by atoms with E-state index >= 15 is 0 Å². The first kappa shape index (κ1) is 17.9. The maximum Gasteiger partial charge on any atom is 0.224 e. The molecule has 0 saturated heterocycles. The van der Waals surface area contributed by atoms with Crippen molar-refractivity contribution in [3.8, 4) is 0 Å². The Hall–Kier alpha value is -2.88. The molecule has 0 radical (unpaired) electrons. The summed E-state index contributed by atoms with van der Waals surface area (Å²) >= 11 is 0. The zero-order valence-corrected chi connectivity index (χ0v) is 15.5. The van der Waals surface area contributed by atoms with Crippen molar-refractivity contribution in [3.05, 3.63) is 77.6 Å². The number of fused-ring (bicyclic) bond motifs is 1. The molecule has 0 saturated carbocycles. The molecule has 4 nitrogen and oxygen atoms in total. The van der Waals surface area contributed by atoms with Gasteiger partial charge in [-0.3, -0.25) is 4.79 Å². The molecule has 0 aliphatic carbocycles. The topological polar surface area (TPSA) is 46.9 Å². The second-order valence-electron chi connectivity index (χ2n) is 6.76. The molecule has 26 heavy (non-hydrogen) atoms. The van der Waals surface area contributed by atoms with Crippen LogP contribution in [-0.2, 0) is 24.2 Å². The first-order valence-corrected chi connectivity index (χ1v) is 8.94. The van der Waals surface area contributed by atoms with Gasteiger partial charge >= 0.3 is 0 Å². The van der Waals surface area contributed by atoms with Crippen molar-refractivity contribution in [1.29, 1.82) is 0 Å². The van der Waals surface area contributed by atoms with Gasteiger partial charge < -0.3 is 9.88 Å². The number of carbonyl (C=O) groups excluding carboxylic acids is 1. The fourth-order valence-electron chi connectivity index (χ4n) is 3.12. The SMILES string of the molecule is C=C(C)Cn1c(CCNC(=O)Cc2ccccc2C)nc2ccccc21. The van der Waals surface area contributed by atoms with Gasteiger partial charge in [0.1, 0.15) is 5.82 Å². The molecule has 2 aromatic carbocycles. The Morgan fingerprint density at radius 2 is 1.88 bits per heavy atom. The number of carbonyl (C=O) groups is 1. The molecule has 0 atom stereocenters. The summed E-state index contributed by atoms with van der Waals surface area (Å²) in [5, 5.41) is 3.02. The Bertz CT molecular complexity index is 939. The highest BCUT2D eigenvalue weighted by atomic mass is 16.1. The monoisotopic (exact) mass is 347 g/mol. The number of nitrogens with one attached hydrogen (secondary N) is 1. The highest BCUT2D eigenvalue weighted by molar-refractivity contribution is 5.79. The number of para-hydroxylation sites is 2. The molecule has 0 unspecified atom stereocenters. The molecule has 3 rings (SSSR count). The molecule has 0 bridgehead atoms. The Morgan fingerprint density at radius 3 is 2.65 bits per heavy atom. The fourth-order valence-corrected chi connectivity index (χ4v) is 3.12. The quantitative estimate of drug-likeness (QED) is 0.661. The van der Waals surface area contributed by atoms with E-state index < -0.39 is 0 Å². The highest BCUT2D eigenvalue weighted by Crippen LogP contribution is 2.17. The minimum absolute atomic E-state index is 0.0434. The summed E-state index contributed by atoms with van der Waals surface area (Å²) in [5.74, 6) is 1.02. The van der Waals surface area contributed by atoms with E-state index in [2.05, 4.69) is 22.5 Å². The predicted molar refractivity (Wildman–Crippen MR) is 106 cm³/mol. The van der Waals surface area contributed by atoms with Crippen molar-refractivity contribution in [3.63, 3.8) is 0 Å². The zero-order valence-electron chi connectivity index (χ0n) is 15.5. The van der Waals surface area contributed by atoms with E-state index in [0.29, 0.717) is 19.4 Å². The van der Waals surface area contributed by atoms with E-state index in [1.807, 2.05) is 56.3 Å². The summed E-state index contributed by atoms with van der Waals surface area (Å²) in [5.41, 5.74) is 5.38. The van der Waals surface area contributed by atoms with Crippen molar-refractivity contribution in [1.82, 2.24) is 14.9 Å². The lowest BCUT2D eigenvalue weighted by atomic mass is 10.1. The molecule has 1 amide bonds. The lowest BCUT2D eigenvalue weighted by molar-refractivity contribution is -0.120. The number of hydrogen-bond acceptors (Lipinski definition) is 2. The van der Waals surface area contributed by atoms with Crippen molar-refractivity contribution in [2.24, 2.45) is 0 Å². The molecule has 1 aromatic heterocycles. The Balaban J connectivity index is 1.65. The van der Waals surface area contributed by atoms with Crippen molar-refractivity contribution >= 4 is 16.9 Å². The van der Waals surface area contributed by atoms with E-state index in [4.69, 9.17) is 4.98 Å². The normalized spacial score (nSPS) is 10.8. The van der Waals surface area contributed by atoms with E-state index in [9.17, 15) is 4.79 Å². The molecule has 3 aromatic rings. The van der Waals surface area contributed by atoms with Crippen LogP contribution in [0.3, 0.4) is 0 Å². The largest absolute Gasteiger partial charge is 0.355 e. The van der Waals surface area contributed by atoms with Crippen LogP contribution in [0.2, 0.25) is 0 Å². The molecule has 4 heteroatoms. The third-order valence-electron chi connectivity index (χ3n) is 4.44. The Kier molecular flexibility index (Phi) is 5.52. The first-order chi connectivity index (χ1) is 12.5. The second kappa shape index (κ2) is 8.00. The van der Waals surface area contributed by atoms with Gasteiger partial charge in [0.2, 0.25) is 5.91 Å². The number of imidazole rings is 1. The van der Waals surface area contributed by atoms with Gasteiger partial charge in [0, 0.05) is 19.5 Å². The number of nitrogens with zero attached hydrogens (tertiary/aromatic N) is 2. The average Bonchev–Trinajstić information content (AvgIpc) is 2.94. The first-order valence-electron chi connectivity index (χ1n) is 8.94. The number of rotatable bonds is 7. The van der Waals surface area contributed by atoms with E-state index in [1.165, 1.54) is 0 Å². The van der Waals surface area contributed by atoms with Crippen LogP contribution in [0.25, 0.3) is 11.0 Å². The number of hydrogen-bond donors (Lipinski definition) is 1. The maximum atomic E-state index is 12.2. The average molecular weight is 347 g/mol. The van der Waals surface area contributed by atoms with E-state index in [1.54, 1.807) is 0 Å². The van der Waals surface area contributed by atoms with Gasteiger partial charge in [0.15, 0.2) is 0 Å². The second-order valence-corrected chi connectivity index (χ2v) is 6.76. The molecule has 1 heterocycles. The lowest BCUT2D eigenvalue weighted by Gasteiger charge is -2.10. The molecule has 0 spiro atoms. The van der Waals surface area contributed by atoms with Gasteiger partial charge in [0.25, 0.3) is 0 Å². The number of aromatic nitrogens is 2. The van der Waals surface area contributed by atoms with Gasteiger partial charge in [-0.2, -0.15) is 0 Å². The maximum absolute atomic E-state index is 12.2. The van der Waals surface area contributed by atoms with Crippen LogP contribution < -0.4 is 5.32 Å². The van der Waals surface area contributed by atoms with Gasteiger partial charge in [-0.15, -0.1) is 0 Å². The van der Waals surface area contributed by atoms with Crippen molar-refractivity contribution < 1.29 is 4.79 Å². The Morgan fingerprint density at radius 1 is 1.15 bits per heavy atom. The minimum Gasteiger partial charge on any atom is -0.355 e. The standard InChI is InChI=1S/C22H25N3O/c1-16(2)15-25-20-11-7-6-10-19(20)24-21(25)12-13-23-22(26)14-18-9-5-4-8-17(18)3/h4-11H,1,12-15H2,2-3H3,(H,23,26). The highest BCUT2D eigenvalue weighted by Gasteiger charge is 2.11. The number of aryl methyl sites for hydroxylation is 1. The summed E-state index contributed by atoms with van der Waals surface area (Å²) < 4.78 is 2.19. The summed E-state index contributed by atoms with van der Waals surface area (Å²) in [7, 11) is 0. The van der Waals surface area contributed by atoms with Gasteiger partial charge in [0.05, 0.1) is 17.5 Å². The van der Waals surface area contributed by atoms with Crippen LogP contribution in [0.4, 0.5) is 0 Å². The summed E-state index contributed by atoms with van der Waals surface area (Å²) in [6.07, 6.45) is 1.11. The van der Waals surface area contributed by atoms with Gasteiger partial charge in [-0.25, -0.2) is 4.98 Å². The summed E-state index contributed by atoms with van der Waals surface area (Å²) in [6, 6.07) is 16.1. The molecule has 0 fully saturated rings. The van der Waals surface area contributed by atoms with Crippen LogP contribution >= 0.6 is 0 Å². The number of allylic oxidation sites excluding steroid dienone is 1. The predicted octanol–water partition coefficient (Wildman–Crippen LogP) is 3.82. The van der Waals surface area contributed by atoms with Gasteiger partial charge in [-0.1, -0.05) is 48.6 Å². The fraction of sp³-hybridized carbons (Fsp3) is 0.273. The zero-order chi connectivity index (χ0) is 18.5. The van der Waals surface area contributed by atoms with Crippen LogP contribution in [0.15, 0.2) is 60.7 Å². The van der Waals surface area contributed by atoms with Crippen LogP contribution in [0, 0.1) is 6.92 Å². The minimum atomic E-state index is 0.0434. The van der Waals surface area contributed by atoms with Crippen molar-refractivity contribution in [2.45, 2.75) is 33.2 Å². The smallest absolute Gasteiger partial charge is 0.224 e. The van der Waals surface area contributed by atoms with Crippen LogP contribution in [0.1, 0.15) is 23.9 Å². The molecule has 1 N–H and O–H groups in total. The summed E-state index contributed by atoms with van der Waals surface area (Å²) in [6.45, 7) is 9.39. The van der Waals surface area contributed by atoms with Crippen molar-refractivity contribution in [2.75, 3.05) is 6.54 Å². The van der Waals surface area contributed by atoms with Crippen LogP contribution in [-0.4, -0.2) is 22.0 Å². The van der Waals surface area contributed by atoms with E-state index in [-0.39, 0.29) is 5.91 Å².